The minimum absolute atomic E-state index is 0.111. The summed E-state index contributed by atoms with van der Waals surface area (Å²) in [7, 11) is 0. The maximum atomic E-state index is 14.1. The first-order valence-corrected chi connectivity index (χ1v) is 16.2. The number of anilines is 1. The zero-order chi connectivity index (χ0) is 32.8. The summed E-state index contributed by atoms with van der Waals surface area (Å²) in [5.41, 5.74) is 3.11. The Kier molecular flexibility index (Phi) is 9.89. The molecule has 238 valence electrons. The van der Waals surface area contributed by atoms with Crippen molar-refractivity contribution in [3.63, 3.8) is 0 Å². The van der Waals surface area contributed by atoms with Crippen molar-refractivity contribution >= 4 is 52.9 Å². The SMILES string of the molecule is O=C(Cc1ccccc1)NC1C(=O)N2C(C(=O)OC(c3ccccc3)c3ccccc3)C(COC(=O)Nc3cccc(Cl)c3)=CS[C@H]12. The summed E-state index contributed by atoms with van der Waals surface area (Å²) in [5, 5.41) is 7.01. The molecular formula is C36H30ClN3O6S. The third-order valence-corrected chi connectivity index (χ3v) is 9.15. The molecular weight excluding hydrogens is 638 g/mol. The van der Waals surface area contributed by atoms with Crippen LogP contribution in [0.4, 0.5) is 10.5 Å². The summed E-state index contributed by atoms with van der Waals surface area (Å²) in [6.45, 7) is -0.290. The molecule has 2 aliphatic rings. The molecule has 2 N–H and O–H groups in total. The zero-order valence-electron chi connectivity index (χ0n) is 25.0. The molecule has 0 bridgehead atoms. The molecule has 0 saturated carbocycles. The molecule has 4 aromatic carbocycles. The minimum Gasteiger partial charge on any atom is -0.451 e. The zero-order valence-corrected chi connectivity index (χ0v) is 26.5. The number of carbonyl (C=O) groups excluding carboxylic acids is 4. The van der Waals surface area contributed by atoms with Crippen LogP contribution in [0.5, 0.6) is 0 Å². The van der Waals surface area contributed by atoms with Crippen molar-refractivity contribution in [2.45, 2.75) is 30.0 Å². The molecule has 2 unspecified atom stereocenters. The Morgan fingerprint density at radius 3 is 2.13 bits per heavy atom. The van der Waals surface area contributed by atoms with Crippen molar-refractivity contribution in [1.29, 1.82) is 0 Å². The van der Waals surface area contributed by atoms with E-state index in [1.54, 1.807) is 29.7 Å². The number of hydrogen-bond acceptors (Lipinski definition) is 7. The van der Waals surface area contributed by atoms with E-state index in [1.807, 2.05) is 91.0 Å². The summed E-state index contributed by atoms with van der Waals surface area (Å²) in [4.78, 5) is 54.7. The number of fused-ring (bicyclic) bond motifs is 1. The van der Waals surface area contributed by atoms with Crippen LogP contribution in [0, 0.1) is 0 Å². The molecule has 3 amide bonds. The largest absolute Gasteiger partial charge is 0.451 e. The van der Waals surface area contributed by atoms with Crippen molar-refractivity contribution in [2.24, 2.45) is 0 Å². The first-order valence-electron chi connectivity index (χ1n) is 14.9. The van der Waals surface area contributed by atoms with Crippen LogP contribution in [0.2, 0.25) is 5.02 Å². The van der Waals surface area contributed by atoms with Gasteiger partial charge < -0.3 is 19.7 Å². The van der Waals surface area contributed by atoms with Gasteiger partial charge in [-0.2, -0.15) is 0 Å². The highest BCUT2D eigenvalue weighted by atomic mass is 35.5. The maximum Gasteiger partial charge on any atom is 0.411 e. The van der Waals surface area contributed by atoms with E-state index in [0.717, 1.165) is 16.7 Å². The first kappa shape index (κ1) is 31.9. The van der Waals surface area contributed by atoms with Gasteiger partial charge in [0.15, 0.2) is 12.1 Å². The normalized spacial score (nSPS) is 18.3. The van der Waals surface area contributed by atoms with Crippen LogP contribution in [0.3, 0.4) is 0 Å². The number of hydrogen-bond donors (Lipinski definition) is 2. The highest BCUT2D eigenvalue weighted by Gasteiger charge is 2.56. The number of esters is 1. The monoisotopic (exact) mass is 667 g/mol. The lowest BCUT2D eigenvalue weighted by Gasteiger charge is -2.51. The predicted octanol–water partition coefficient (Wildman–Crippen LogP) is 6.12. The fourth-order valence-electron chi connectivity index (χ4n) is 5.46. The second kappa shape index (κ2) is 14.6. The lowest BCUT2D eigenvalue weighted by molar-refractivity contribution is -0.165. The van der Waals surface area contributed by atoms with Crippen molar-refractivity contribution in [3.05, 3.63) is 148 Å². The van der Waals surface area contributed by atoms with Crippen molar-refractivity contribution in [2.75, 3.05) is 11.9 Å². The van der Waals surface area contributed by atoms with Crippen molar-refractivity contribution < 1.29 is 28.7 Å². The lowest BCUT2D eigenvalue weighted by Crippen LogP contribution is -2.74. The van der Waals surface area contributed by atoms with Gasteiger partial charge in [0.1, 0.15) is 18.0 Å². The predicted molar refractivity (Wildman–Crippen MR) is 179 cm³/mol. The van der Waals surface area contributed by atoms with Gasteiger partial charge in [0.25, 0.3) is 0 Å². The molecule has 6 rings (SSSR count). The van der Waals surface area contributed by atoms with E-state index in [9.17, 15) is 19.2 Å². The molecule has 4 aromatic rings. The van der Waals surface area contributed by atoms with Crippen LogP contribution in [-0.4, -0.2) is 52.8 Å². The van der Waals surface area contributed by atoms with Gasteiger partial charge >= 0.3 is 12.1 Å². The Labute approximate surface area is 280 Å². The minimum atomic E-state index is -1.19. The summed E-state index contributed by atoms with van der Waals surface area (Å²) < 4.78 is 11.7. The average Bonchev–Trinajstić information content (AvgIpc) is 3.09. The van der Waals surface area contributed by atoms with Gasteiger partial charge in [0.2, 0.25) is 11.8 Å². The molecule has 9 nitrogen and oxygen atoms in total. The standard InChI is InChI=1S/C36H30ClN3O6S/c37-27-17-10-18-28(20-27)38-36(44)45-21-26-22-47-34-30(39-29(41)19-23-11-4-1-5-12-23)33(42)40(34)31(26)35(43)46-32(24-13-6-2-7-14-24)25-15-8-3-9-16-25/h1-18,20,22,30-32,34H,19,21H2,(H,38,44)(H,39,41)/t30?,31?,34-/m1/s1. The van der Waals surface area contributed by atoms with Crippen molar-refractivity contribution in [1.82, 2.24) is 10.2 Å². The number of amides is 3. The maximum absolute atomic E-state index is 14.1. The van der Waals surface area contributed by atoms with Crippen LogP contribution in [0.1, 0.15) is 22.8 Å². The number of thioether (sulfide) groups is 1. The van der Waals surface area contributed by atoms with E-state index in [0.29, 0.717) is 16.3 Å². The highest BCUT2D eigenvalue weighted by Crippen LogP contribution is 2.41. The molecule has 1 fully saturated rings. The lowest BCUT2D eigenvalue weighted by atomic mass is 9.97. The van der Waals surface area contributed by atoms with Crippen LogP contribution in [0.15, 0.2) is 126 Å². The fraction of sp³-hybridized carbons (Fsp3) is 0.167. The second-order valence-electron chi connectivity index (χ2n) is 10.9. The second-order valence-corrected chi connectivity index (χ2v) is 12.4. The van der Waals surface area contributed by atoms with E-state index in [2.05, 4.69) is 10.6 Å². The molecule has 2 aliphatic heterocycles. The quantitative estimate of drug-likeness (QED) is 0.155. The van der Waals surface area contributed by atoms with Crippen LogP contribution in [-0.2, 0) is 30.3 Å². The summed E-state index contributed by atoms with van der Waals surface area (Å²) >= 11 is 7.29. The Hall–Kier alpha value is -5.06. The highest BCUT2D eigenvalue weighted by molar-refractivity contribution is 8.03. The molecule has 0 aliphatic carbocycles. The topological polar surface area (TPSA) is 114 Å². The van der Waals surface area contributed by atoms with Gasteiger partial charge in [-0.25, -0.2) is 9.59 Å². The van der Waals surface area contributed by atoms with E-state index >= 15 is 0 Å². The number of nitrogens with zero attached hydrogens (tertiary/aromatic N) is 1. The van der Waals surface area contributed by atoms with Crippen molar-refractivity contribution in [3.8, 4) is 0 Å². The van der Waals surface area contributed by atoms with E-state index in [4.69, 9.17) is 21.1 Å². The summed E-state index contributed by atoms with van der Waals surface area (Å²) in [6.07, 6.45) is -1.41. The number of ether oxygens (including phenoxy) is 2. The third kappa shape index (κ3) is 7.51. The average molecular weight is 668 g/mol. The molecule has 0 radical (unpaired) electrons. The number of rotatable bonds is 10. The Balaban J connectivity index is 1.22. The Morgan fingerprint density at radius 1 is 0.851 bits per heavy atom. The smallest absolute Gasteiger partial charge is 0.411 e. The number of nitrogens with one attached hydrogen (secondary N) is 2. The molecule has 2 heterocycles. The van der Waals surface area contributed by atoms with Gasteiger partial charge in [0, 0.05) is 16.3 Å². The van der Waals surface area contributed by atoms with Crippen LogP contribution < -0.4 is 10.6 Å². The van der Waals surface area contributed by atoms with Gasteiger partial charge in [-0.05, 0) is 40.3 Å². The Bertz CT molecular complexity index is 1750. The molecule has 11 heteroatoms. The van der Waals surface area contributed by atoms with Gasteiger partial charge in [0.05, 0.1) is 6.42 Å². The number of carbonyl (C=O) groups is 4. The Morgan fingerprint density at radius 2 is 1.49 bits per heavy atom. The van der Waals surface area contributed by atoms with E-state index in [1.165, 1.54) is 16.7 Å². The first-order chi connectivity index (χ1) is 22.9. The van der Waals surface area contributed by atoms with E-state index in [-0.39, 0.29) is 18.9 Å². The number of halogens is 1. The number of benzene rings is 4. The summed E-state index contributed by atoms with van der Waals surface area (Å²) in [6, 6.07) is 32.4. The molecule has 47 heavy (non-hydrogen) atoms. The fourth-order valence-corrected chi connectivity index (χ4v) is 6.86. The molecule has 0 aromatic heterocycles. The van der Waals surface area contributed by atoms with Gasteiger partial charge in [-0.1, -0.05) is 109 Å². The molecule has 0 spiro atoms. The van der Waals surface area contributed by atoms with Gasteiger partial charge in [-0.3, -0.25) is 14.9 Å². The van der Waals surface area contributed by atoms with Crippen LogP contribution in [0.25, 0.3) is 0 Å². The van der Waals surface area contributed by atoms with E-state index < -0.39 is 41.5 Å². The van der Waals surface area contributed by atoms with Gasteiger partial charge in [-0.15, -0.1) is 11.8 Å². The number of β-lactam (4-membered cyclic amide) rings is 1. The van der Waals surface area contributed by atoms with Crippen LogP contribution >= 0.6 is 23.4 Å². The third-order valence-electron chi connectivity index (χ3n) is 7.69. The molecule has 3 atom stereocenters. The molecule has 1 saturated heterocycles. The summed E-state index contributed by atoms with van der Waals surface area (Å²) in [5.74, 6) is -1.44.